The van der Waals surface area contributed by atoms with E-state index in [0.717, 1.165) is 5.56 Å². The van der Waals surface area contributed by atoms with E-state index in [1.54, 1.807) is 24.3 Å². The van der Waals surface area contributed by atoms with Gasteiger partial charge in [-0.25, -0.2) is 0 Å². The van der Waals surface area contributed by atoms with E-state index in [0.29, 0.717) is 0 Å². The number of hydrogen-bond donors (Lipinski definition) is 7. The van der Waals surface area contributed by atoms with Gasteiger partial charge in [0.25, 0.3) is 0 Å². The molecule has 2 fully saturated rings. The van der Waals surface area contributed by atoms with Gasteiger partial charge in [-0.2, -0.15) is 0 Å². The lowest BCUT2D eigenvalue weighted by molar-refractivity contribution is -0.368. The highest BCUT2D eigenvalue weighted by Crippen LogP contribution is 2.30. The minimum atomic E-state index is -1.71. The van der Waals surface area contributed by atoms with E-state index in [4.69, 9.17) is 18.9 Å². The molecule has 2 heterocycles. The minimum Gasteiger partial charge on any atom is -0.394 e. The van der Waals surface area contributed by atoms with Gasteiger partial charge < -0.3 is 54.7 Å². The SMILES string of the molecule is OC[C@H]1O[C@@H](O[C@H]2[C@H](OCc3ccccc3)O[C@H](CO)[C@@H](O)[C@H]2O)[C@H](O)[C@H](O)[C@@H]1O. The first kappa shape index (κ1) is 23.4. The molecule has 1 aromatic carbocycles. The van der Waals surface area contributed by atoms with Crippen molar-refractivity contribution in [2.75, 3.05) is 13.2 Å². The third-order valence-corrected chi connectivity index (χ3v) is 5.22. The molecule has 0 spiro atoms. The van der Waals surface area contributed by atoms with Gasteiger partial charge in [-0.15, -0.1) is 0 Å². The highest BCUT2D eigenvalue weighted by molar-refractivity contribution is 5.13. The Morgan fingerprint density at radius 2 is 1.27 bits per heavy atom. The maximum atomic E-state index is 10.5. The summed E-state index contributed by atoms with van der Waals surface area (Å²) in [5.41, 5.74) is 0.786. The summed E-state index contributed by atoms with van der Waals surface area (Å²) in [6.07, 6.45) is -14.7. The Balaban J connectivity index is 1.75. The minimum absolute atomic E-state index is 0.0566. The molecule has 0 amide bonds. The molecule has 30 heavy (non-hydrogen) atoms. The summed E-state index contributed by atoms with van der Waals surface area (Å²) < 4.78 is 22.1. The van der Waals surface area contributed by atoms with E-state index in [1.165, 1.54) is 0 Å². The van der Waals surface area contributed by atoms with Gasteiger partial charge in [0.15, 0.2) is 12.6 Å². The van der Waals surface area contributed by atoms with Crippen LogP contribution < -0.4 is 0 Å². The van der Waals surface area contributed by atoms with Crippen molar-refractivity contribution < 1.29 is 54.7 Å². The maximum absolute atomic E-state index is 10.5. The van der Waals surface area contributed by atoms with E-state index >= 15 is 0 Å². The van der Waals surface area contributed by atoms with Crippen molar-refractivity contribution in [3.63, 3.8) is 0 Å². The lowest BCUT2D eigenvalue weighted by Crippen LogP contribution is -2.64. The summed E-state index contributed by atoms with van der Waals surface area (Å²) in [7, 11) is 0. The van der Waals surface area contributed by atoms with E-state index < -0.39 is 74.6 Å². The molecule has 0 unspecified atom stereocenters. The number of aliphatic hydroxyl groups is 7. The average molecular weight is 432 g/mol. The van der Waals surface area contributed by atoms with Crippen LogP contribution in [0.2, 0.25) is 0 Å². The van der Waals surface area contributed by atoms with Crippen molar-refractivity contribution in [2.24, 2.45) is 0 Å². The van der Waals surface area contributed by atoms with Crippen molar-refractivity contribution >= 4 is 0 Å². The van der Waals surface area contributed by atoms with E-state index in [-0.39, 0.29) is 6.61 Å². The van der Waals surface area contributed by atoms with Crippen molar-refractivity contribution in [1.82, 2.24) is 0 Å². The van der Waals surface area contributed by atoms with Gasteiger partial charge in [0.05, 0.1) is 19.8 Å². The molecular formula is C19H28O11. The molecular weight excluding hydrogens is 404 g/mol. The van der Waals surface area contributed by atoms with E-state index in [9.17, 15) is 35.7 Å². The summed E-state index contributed by atoms with van der Waals surface area (Å²) in [5.74, 6) is 0. The molecule has 0 saturated carbocycles. The molecule has 3 rings (SSSR count). The Labute approximate surface area is 172 Å². The number of ether oxygens (including phenoxy) is 4. The second kappa shape index (κ2) is 10.4. The molecule has 0 aliphatic carbocycles. The first-order chi connectivity index (χ1) is 14.4. The molecule has 11 heteroatoms. The lowest BCUT2D eigenvalue weighted by Gasteiger charge is -2.45. The fourth-order valence-electron chi connectivity index (χ4n) is 3.42. The van der Waals surface area contributed by atoms with Crippen molar-refractivity contribution in [1.29, 1.82) is 0 Å². The van der Waals surface area contributed by atoms with Gasteiger partial charge in [0.1, 0.15) is 48.8 Å². The van der Waals surface area contributed by atoms with Gasteiger partial charge in [-0.1, -0.05) is 30.3 Å². The standard InChI is InChI=1S/C19H28O11/c20-6-10-12(22)14(24)16(26)18(28-10)30-17-15(25)13(23)11(7-21)29-19(17)27-8-9-4-2-1-3-5-9/h1-5,10-26H,6-8H2/t10-,11-,12-,13-,14-,15-,16-,17-,18+,19-/m1/s1. The van der Waals surface area contributed by atoms with Crippen LogP contribution in [0.1, 0.15) is 5.56 Å². The second-order valence-corrected chi connectivity index (χ2v) is 7.30. The van der Waals surface area contributed by atoms with Crippen LogP contribution in [-0.2, 0) is 25.6 Å². The zero-order chi connectivity index (χ0) is 21.8. The Bertz CT molecular complexity index is 645. The normalized spacial score (nSPS) is 42.2. The first-order valence-corrected chi connectivity index (χ1v) is 9.61. The largest absolute Gasteiger partial charge is 0.394 e. The Morgan fingerprint density at radius 3 is 1.87 bits per heavy atom. The van der Waals surface area contributed by atoms with Crippen molar-refractivity contribution in [2.45, 2.75) is 68.0 Å². The predicted molar refractivity (Wildman–Crippen MR) is 97.6 cm³/mol. The molecule has 170 valence electrons. The number of benzene rings is 1. The molecule has 11 nitrogen and oxygen atoms in total. The Kier molecular flexibility index (Phi) is 8.12. The highest BCUT2D eigenvalue weighted by Gasteiger charge is 2.50. The topological polar surface area (TPSA) is 179 Å². The van der Waals surface area contributed by atoms with Crippen LogP contribution in [0, 0.1) is 0 Å². The summed E-state index contributed by atoms with van der Waals surface area (Å²) in [5, 5.41) is 69.5. The molecule has 0 radical (unpaired) electrons. The van der Waals surface area contributed by atoms with Gasteiger partial charge in [-0.3, -0.25) is 0 Å². The summed E-state index contributed by atoms with van der Waals surface area (Å²) in [6.45, 7) is -1.19. The monoisotopic (exact) mass is 432 g/mol. The number of aliphatic hydroxyl groups excluding tert-OH is 7. The molecule has 10 atom stereocenters. The van der Waals surface area contributed by atoms with Crippen LogP contribution in [0.4, 0.5) is 0 Å². The van der Waals surface area contributed by atoms with Crippen LogP contribution in [0.3, 0.4) is 0 Å². The van der Waals surface area contributed by atoms with E-state index in [2.05, 4.69) is 0 Å². The summed E-state index contributed by atoms with van der Waals surface area (Å²) >= 11 is 0. The van der Waals surface area contributed by atoms with Gasteiger partial charge in [0, 0.05) is 0 Å². The molecule has 0 aromatic heterocycles. The predicted octanol–water partition coefficient (Wildman–Crippen LogP) is -3.17. The molecule has 2 aliphatic heterocycles. The second-order valence-electron chi connectivity index (χ2n) is 7.30. The number of hydrogen-bond acceptors (Lipinski definition) is 11. The Hall–Kier alpha value is -1.22. The third-order valence-electron chi connectivity index (χ3n) is 5.22. The smallest absolute Gasteiger partial charge is 0.187 e. The zero-order valence-corrected chi connectivity index (χ0v) is 16.0. The highest BCUT2D eigenvalue weighted by atomic mass is 16.8. The van der Waals surface area contributed by atoms with E-state index in [1.807, 2.05) is 6.07 Å². The molecule has 2 aliphatic rings. The fraction of sp³-hybridized carbons (Fsp3) is 0.684. The van der Waals surface area contributed by atoms with Crippen LogP contribution in [0.15, 0.2) is 30.3 Å². The molecule has 0 bridgehead atoms. The fourth-order valence-corrected chi connectivity index (χ4v) is 3.42. The van der Waals surface area contributed by atoms with Crippen LogP contribution >= 0.6 is 0 Å². The lowest BCUT2D eigenvalue weighted by atomic mass is 9.97. The first-order valence-electron chi connectivity index (χ1n) is 9.61. The summed E-state index contributed by atoms with van der Waals surface area (Å²) in [4.78, 5) is 0. The number of rotatable bonds is 7. The van der Waals surface area contributed by atoms with Crippen LogP contribution in [0.5, 0.6) is 0 Å². The van der Waals surface area contributed by atoms with Gasteiger partial charge >= 0.3 is 0 Å². The van der Waals surface area contributed by atoms with Crippen molar-refractivity contribution in [3.8, 4) is 0 Å². The molecule has 1 aromatic rings. The van der Waals surface area contributed by atoms with Gasteiger partial charge in [-0.05, 0) is 5.56 Å². The molecule has 2 saturated heterocycles. The summed E-state index contributed by atoms with van der Waals surface area (Å²) in [6, 6.07) is 9.03. The maximum Gasteiger partial charge on any atom is 0.187 e. The molecule has 7 N–H and O–H groups in total. The van der Waals surface area contributed by atoms with Crippen LogP contribution in [0.25, 0.3) is 0 Å². The third kappa shape index (κ3) is 4.98. The average Bonchev–Trinajstić information content (AvgIpc) is 2.77. The quantitative estimate of drug-likeness (QED) is 0.231. The van der Waals surface area contributed by atoms with Gasteiger partial charge in [0.2, 0.25) is 0 Å². The zero-order valence-electron chi connectivity index (χ0n) is 16.0. The van der Waals surface area contributed by atoms with Crippen molar-refractivity contribution in [3.05, 3.63) is 35.9 Å². The Morgan fingerprint density at radius 1 is 0.700 bits per heavy atom. The van der Waals surface area contributed by atoms with Crippen LogP contribution in [-0.4, -0.2) is 110 Å².